The minimum atomic E-state index is 0. The summed E-state index contributed by atoms with van der Waals surface area (Å²) in [5.74, 6) is 1.34. The fourth-order valence-electron chi connectivity index (χ4n) is 1.26. The van der Waals surface area contributed by atoms with Gasteiger partial charge in [0.1, 0.15) is 0 Å². The summed E-state index contributed by atoms with van der Waals surface area (Å²) in [5, 5.41) is 0. The Kier molecular flexibility index (Phi) is 14.0. The number of unbranched alkanes of at least 4 members (excludes halogenated alkanes) is 5. The third-order valence-corrected chi connectivity index (χ3v) is 4.30. The van der Waals surface area contributed by atoms with Crippen molar-refractivity contribution in [2.75, 3.05) is 5.75 Å². The molecule has 0 aromatic rings. The number of rotatable bonds is 9. The van der Waals surface area contributed by atoms with Crippen LogP contribution < -0.4 is 18.9 Å². The van der Waals surface area contributed by atoms with E-state index in [9.17, 15) is 0 Å². The van der Waals surface area contributed by atoms with Gasteiger partial charge in [-0.2, -0.15) is 18.2 Å². The van der Waals surface area contributed by atoms with Crippen LogP contribution in [0, 0.1) is 6.92 Å². The summed E-state index contributed by atoms with van der Waals surface area (Å²) >= 11 is 2.13. The normalized spacial score (nSPS) is 11.2. The van der Waals surface area contributed by atoms with Crippen LogP contribution in [-0.2, 0) is 0 Å². The molecule has 0 aliphatic carbocycles. The third-order valence-electron chi connectivity index (χ3n) is 2.74. The second-order valence-electron chi connectivity index (χ2n) is 4.58. The van der Waals surface area contributed by atoms with Crippen molar-refractivity contribution >= 4 is 11.8 Å². The topological polar surface area (TPSA) is 0 Å². The SMILES string of the molecule is [CH2-]CCCCCCCSC(C)(C)CC.[Li+]. The molecule has 0 rings (SSSR count). The van der Waals surface area contributed by atoms with E-state index in [2.05, 4.69) is 39.5 Å². The van der Waals surface area contributed by atoms with Gasteiger partial charge < -0.3 is 6.92 Å². The molecule has 0 aromatic heterocycles. The maximum atomic E-state index is 3.86. The summed E-state index contributed by atoms with van der Waals surface area (Å²) in [6.45, 7) is 10.8. The Labute approximate surface area is 114 Å². The number of hydrogen-bond acceptors (Lipinski definition) is 1. The maximum absolute atomic E-state index is 3.86. The number of thioether (sulfide) groups is 1. The third kappa shape index (κ3) is 12.9. The van der Waals surface area contributed by atoms with Gasteiger partial charge in [-0.05, 0) is 18.6 Å². The van der Waals surface area contributed by atoms with Gasteiger partial charge in [-0.15, -0.1) is 0 Å². The van der Waals surface area contributed by atoms with Gasteiger partial charge in [0.05, 0.1) is 0 Å². The molecular formula is C13H27LiS. The second kappa shape index (κ2) is 11.4. The van der Waals surface area contributed by atoms with Crippen LogP contribution in [0.2, 0.25) is 0 Å². The van der Waals surface area contributed by atoms with E-state index < -0.39 is 0 Å². The van der Waals surface area contributed by atoms with Crippen LogP contribution >= 0.6 is 11.8 Å². The Morgan fingerprint density at radius 1 is 1.00 bits per heavy atom. The first-order chi connectivity index (χ1) is 6.62. The van der Waals surface area contributed by atoms with Crippen molar-refractivity contribution in [1.29, 1.82) is 0 Å². The van der Waals surface area contributed by atoms with Crippen molar-refractivity contribution in [3.8, 4) is 0 Å². The number of hydrogen-bond donors (Lipinski definition) is 0. The Morgan fingerprint density at radius 2 is 1.53 bits per heavy atom. The molecule has 0 heterocycles. The molecule has 2 heteroatoms. The zero-order valence-electron chi connectivity index (χ0n) is 11.3. The summed E-state index contributed by atoms with van der Waals surface area (Å²) in [6.07, 6.45) is 9.29. The van der Waals surface area contributed by atoms with Crippen LogP contribution in [0.3, 0.4) is 0 Å². The van der Waals surface area contributed by atoms with E-state index in [0.29, 0.717) is 4.75 Å². The van der Waals surface area contributed by atoms with Crippen LogP contribution in [0.15, 0.2) is 0 Å². The van der Waals surface area contributed by atoms with Crippen LogP contribution in [0.25, 0.3) is 0 Å². The zero-order chi connectivity index (χ0) is 10.9. The predicted octanol–water partition coefficient (Wildman–Crippen LogP) is 2.09. The summed E-state index contributed by atoms with van der Waals surface area (Å²) in [7, 11) is 0. The molecule has 0 atom stereocenters. The maximum Gasteiger partial charge on any atom is 1.00 e. The van der Waals surface area contributed by atoms with E-state index in [1.165, 1.54) is 44.3 Å². The molecule has 0 saturated heterocycles. The molecule has 0 aliphatic heterocycles. The molecule has 0 unspecified atom stereocenters. The van der Waals surface area contributed by atoms with Crippen molar-refractivity contribution in [2.45, 2.75) is 70.5 Å². The molecular weight excluding hydrogens is 195 g/mol. The fourth-order valence-corrected chi connectivity index (χ4v) is 2.36. The van der Waals surface area contributed by atoms with Gasteiger partial charge in [0.25, 0.3) is 0 Å². The van der Waals surface area contributed by atoms with Gasteiger partial charge in [0, 0.05) is 4.75 Å². The summed E-state index contributed by atoms with van der Waals surface area (Å²) in [6, 6.07) is 0. The van der Waals surface area contributed by atoms with Crippen molar-refractivity contribution in [3.05, 3.63) is 6.92 Å². The van der Waals surface area contributed by atoms with Crippen LogP contribution in [0.4, 0.5) is 0 Å². The first kappa shape index (κ1) is 18.3. The molecule has 0 aromatic carbocycles. The molecule has 0 nitrogen and oxygen atoms in total. The standard InChI is InChI=1S/C13H27S.Li/c1-5-7-8-9-10-11-12-14-13(3,4)6-2;/h1,5-12H2,2-4H3;/q-1;+1. The van der Waals surface area contributed by atoms with Gasteiger partial charge in [0.2, 0.25) is 0 Å². The Balaban J connectivity index is 0. The first-order valence-corrected chi connectivity index (χ1v) is 7.04. The van der Waals surface area contributed by atoms with Gasteiger partial charge in [-0.1, -0.05) is 46.5 Å². The predicted molar refractivity (Wildman–Crippen MR) is 69.9 cm³/mol. The smallest absolute Gasteiger partial charge is 0.343 e. The average molecular weight is 222 g/mol. The summed E-state index contributed by atoms with van der Waals surface area (Å²) in [5.41, 5.74) is 0. The molecule has 0 bridgehead atoms. The molecule has 0 aliphatic rings. The molecule has 0 radical (unpaired) electrons. The van der Waals surface area contributed by atoms with E-state index in [0.717, 1.165) is 6.42 Å². The molecule has 0 fully saturated rings. The van der Waals surface area contributed by atoms with Crippen LogP contribution in [0.5, 0.6) is 0 Å². The molecule has 15 heavy (non-hydrogen) atoms. The molecule has 0 amide bonds. The van der Waals surface area contributed by atoms with Crippen molar-refractivity contribution in [1.82, 2.24) is 0 Å². The fraction of sp³-hybridized carbons (Fsp3) is 0.923. The molecule has 0 N–H and O–H groups in total. The molecule has 0 saturated carbocycles. The van der Waals surface area contributed by atoms with Crippen molar-refractivity contribution in [2.24, 2.45) is 0 Å². The van der Waals surface area contributed by atoms with E-state index in [1.54, 1.807) is 0 Å². The molecule has 0 spiro atoms. The van der Waals surface area contributed by atoms with Gasteiger partial charge in [-0.3, -0.25) is 0 Å². The summed E-state index contributed by atoms with van der Waals surface area (Å²) in [4.78, 5) is 0. The minimum absolute atomic E-state index is 0. The monoisotopic (exact) mass is 222 g/mol. The Bertz CT molecular complexity index is 124. The summed E-state index contributed by atoms with van der Waals surface area (Å²) < 4.78 is 0.493. The largest absolute Gasteiger partial charge is 1.00 e. The van der Waals surface area contributed by atoms with Crippen LogP contribution in [0.1, 0.15) is 65.7 Å². The Morgan fingerprint density at radius 3 is 2.07 bits per heavy atom. The first-order valence-electron chi connectivity index (χ1n) is 6.05. The van der Waals surface area contributed by atoms with Crippen molar-refractivity contribution in [3.63, 3.8) is 0 Å². The van der Waals surface area contributed by atoms with E-state index in [1.807, 2.05) is 0 Å². The van der Waals surface area contributed by atoms with Gasteiger partial charge in [0.15, 0.2) is 0 Å². The van der Waals surface area contributed by atoms with Crippen molar-refractivity contribution < 1.29 is 18.9 Å². The molecule has 86 valence electrons. The van der Waals surface area contributed by atoms with Gasteiger partial charge in [-0.25, -0.2) is 0 Å². The van der Waals surface area contributed by atoms with Gasteiger partial charge >= 0.3 is 18.9 Å². The van der Waals surface area contributed by atoms with Crippen LogP contribution in [-0.4, -0.2) is 10.5 Å². The van der Waals surface area contributed by atoms with E-state index in [4.69, 9.17) is 0 Å². The second-order valence-corrected chi connectivity index (χ2v) is 6.39. The van der Waals surface area contributed by atoms with E-state index >= 15 is 0 Å². The van der Waals surface area contributed by atoms with E-state index in [-0.39, 0.29) is 18.9 Å². The quantitative estimate of drug-likeness (QED) is 0.327. The minimum Gasteiger partial charge on any atom is -0.343 e. The average Bonchev–Trinajstić information content (AvgIpc) is 2.16. The zero-order valence-corrected chi connectivity index (χ0v) is 12.1. The Hall–Kier alpha value is 0.947.